The summed E-state index contributed by atoms with van der Waals surface area (Å²) in [6.45, 7) is 2.04. The van der Waals surface area contributed by atoms with Crippen LogP contribution in [-0.2, 0) is 23.0 Å². The Labute approximate surface area is 204 Å². The Bertz CT molecular complexity index is 1310. The number of likely N-dealkylation sites (tertiary alicyclic amines) is 1. The number of fused-ring (bicyclic) bond motifs is 1. The molecule has 8 nitrogen and oxygen atoms in total. The van der Waals surface area contributed by atoms with Gasteiger partial charge in [0.1, 0.15) is 17.3 Å². The van der Waals surface area contributed by atoms with Crippen molar-refractivity contribution in [2.75, 3.05) is 13.1 Å². The molecular weight excluding hydrogens is 469 g/mol. The third-order valence-corrected chi connectivity index (χ3v) is 8.19. The van der Waals surface area contributed by atoms with Gasteiger partial charge >= 0.3 is 0 Å². The molecule has 0 amide bonds. The van der Waals surface area contributed by atoms with Crippen LogP contribution in [0.5, 0.6) is 0 Å². The van der Waals surface area contributed by atoms with Crippen LogP contribution in [0.4, 0.5) is 4.39 Å². The molecule has 0 radical (unpaired) electrons. The summed E-state index contributed by atoms with van der Waals surface area (Å²) in [4.78, 5) is 6.71. The van der Waals surface area contributed by atoms with Gasteiger partial charge in [0.2, 0.25) is 10.0 Å². The number of aliphatic hydroxyl groups is 1. The molecule has 1 aliphatic heterocycles. The Morgan fingerprint density at radius 3 is 2.69 bits per heavy atom. The Morgan fingerprint density at radius 1 is 1.14 bits per heavy atom. The van der Waals surface area contributed by atoms with E-state index in [0.29, 0.717) is 24.6 Å². The topological polar surface area (TPSA) is 114 Å². The molecule has 10 heteroatoms. The molecule has 0 bridgehead atoms. The maximum absolute atomic E-state index is 15.0. The molecule has 2 fully saturated rings. The summed E-state index contributed by atoms with van der Waals surface area (Å²) in [6.07, 6.45) is 5.29. The number of halogens is 1. The monoisotopic (exact) mass is 499 g/mol. The van der Waals surface area contributed by atoms with Crippen molar-refractivity contribution < 1.29 is 17.9 Å². The van der Waals surface area contributed by atoms with Crippen LogP contribution in [0.25, 0.3) is 5.69 Å². The smallest absolute Gasteiger partial charge is 0.238 e. The van der Waals surface area contributed by atoms with Gasteiger partial charge in [0.25, 0.3) is 0 Å². The number of sulfonamides is 1. The van der Waals surface area contributed by atoms with E-state index in [-0.39, 0.29) is 16.5 Å². The lowest BCUT2D eigenvalue weighted by molar-refractivity contribution is -0.0971. The van der Waals surface area contributed by atoms with Crippen LogP contribution in [0.3, 0.4) is 0 Å². The number of piperidine rings is 1. The van der Waals surface area contributed by atoms with Gasteiger partial charge in [-0.1, -0.05) is 43.2 Å². The van der Waals surface area contributed by atoms with Crippen molar-refractivity contribution in [2.24, 2.45) is 11.1 Å². The minimum atomic E-state index is -4.02. The van der Waals surface area contributed by atoms with Gasteiger partial charge in [-0.05, 0) is 43.0 Å². The van der Waals surface area contributed by atoms with Crippen LogP contribution >= 0.6 is 0 Å². The lowest BCUT2D eigenvalue weighted by Crippen LogP contribution is -2.53. The second-order valence-electron chi connectivity index (χ2n) is 9.71. The van der Waals surface area contributed by atoms with Crippen molar-refractivity contribution in [3.8, 4) is 5.69 Å². The van der Waals surface area contributed by atoms with Crippen molar-refractivity contribution in [3.63, 3.8) is 0 Å². The Morgan fingerprint density at radius 2 is 1.94 bits per heavy atom. The lowest BCUT2D eigenvalue weighted by Gasteiger charge is -2.47. The molecule has 1 saturated heterocycles. The number of primary sulfonamides is 1. The predicted octanol–water partition coefficient (Wildman–Crippen LogP) is 2.77. The van der Waals surface area contributed by atoms with Crippen LogP contribution < -0.4 is 5.14 Å². The second-order valence-corrected chi connectivity index (χ2v) is 11.3. The number of nitrogens with two attached hydrogens (primary N) is 1. The molecule has 0 spiro atoms. The van der Waals surface area contributed by atoms with Gasteiger partial charge in [-0.25, -0.2) is 27.6 Å². The molecule has 3 N–H and O–H groups in total. The first kappa shape index (κ1) is 24.1. The maximum atomic E-state index is 15.0. The first-order valence-electron chi connectivity index (χ1n) is 12.0. The fourth-order valence-corrected chi connectivity index (χ4v) is 5.89. The molecule has 3 aromatic rings. The summed E-state index contributed by atoms with van der Waals surface area (Å²) in [5, 5.41) is 20.8. The largest absolute Gasteiger partial charge is 0.390 e. The average molecular weight is 500 g/mol. The average Bonchev–Trinajstić information content (AvgIpc) is 3.20. The molecular formula is C25H30FN5O3S. The van der Waals surface area contributed by atoms with Crippen molar-refractivity contribution in [1.82, 2.24) is 19.7 Å². The van der Waals surface area contributed by atoms with Crippen molar-refractivity contribution in [3.05, 3.63) is 71.6 Å². The molecule has 2 atom stereocenters. The van der Waals surface area contributed by atoms with Crippen LogP contribution in [0.1, 0.15) is 49.3 Å². The number of nitrogens with zero attached hydrogens (tertiary/aromatic N) is 4. The van der Waals surface area contributed by atoms with E-state index in [1.54, 1.807) is 0 Å². The van der Waals surface area contributed by atoms with Gasteiger partial charge < -0.3 is 5.11 Å². The molecule has 5 rings (SSSR count). The predicted molar refractivity (Wildman–Crippen MR) is 129 cm³/mol. The van der Waals surface area contributed by atoms with Gasteiger partial charge in [0.05, 0.1) is 17.0 Å². The summed E-state index contributed by atoms with van der Waals surface area (Å²) >= 11 is 0. The van der Waals surface area contributed by atoms with Crippen molar-refractivity contribution >= 4 is 10.0 Å². The Hall–Kier alpha value is -2.66. The molecule has 2 aliphatic rings. The molecule has 1 saturated carbocycles. The summed E-state index contributed by atoms with van der Waals surface area (Å²) in [7, 11) is -4.02. The molecule has 1 aliphatic carbocycles. The highest BCUT2D eigenvalue weighted by atomic mass is 32.2. The maximum Gasteiger partial charge on any atom is 0.238 e. The third kappa shape index (κ3) is 5.16. The second kappa shape index (κ2) is 9.42. The molecule has 35 heavy (non-hydrogen) atoms. The summed E-state index contributed by atoms with van der Waals surface area (Å²) in [5.74, 6) is 0.623. The molecule has 1 aromatic heterocycles. The van der Waals surface area contributed by atoms with Gasteiger partial charge in [-0.15, -0.1) is 5.10 Å². The Balaban J connectivity index is 1.44. The lowest BCUT2D eigenvalue weighted by atomic mass is 9.71. The first-order valence-corrected chi connectivity index (χ1v) is 13.5. The summed E-state index contributed by atoms with van der Waals surface area (Å²) < 4.78 is 39.8. The number of hydrogen-bond donors (Lipinski definition) is 2. The SMILES string of the molecule is NS(=O)(=O)c1ccc(-n2nc(CN3CCC4(O)CCCCC4C3)nc2Cc2ccccc2)c(F)c1. The van der Waals surface area contributed by atoms with E-state index in [9.17, 15) is 13.5 Å². The number of hydrogen-bond acceptors (Lipinski definition) is 6. The van der Waals surface area contributed by atoms with E-state index in [0.717, 1.165) is 56.8 Å². The summed E-state index contributed by atoms with van der Waals surface area (Å²) in [6, 6.07) is 13.3. The highest BCUT2D eigenvalue weighted by Crippen LogP contribution is 2.40. The summed E-state index contributed by atoms with van der Waals surface area (Å²) in [5.41, 5.74) is 0.552. The number of aromatic nitrogens is 3. The van der Waals surface area contributed by atoms with E-state index in [2.05, 4.69) is 10.00 Å². The third-order valence-electron chi connectivity index (χ3n) is 7.28. The molecule has 2 unspecified atom stereocenters. The number of benzene rings is 2. The van der Waals surface area contributed by atoms with Crippen LogP contribution in [0.2, 0.25) is 0 Å². The molecule has 2 heterocycles. The van der Waals surface area contributed by atoms with Crippen LogP contribution in [0, 0.1) is 11.7 Å². The first-order chi connectivity index (χ1) is 16.7. The van der Waals surface area contributed by atoms with E-state index < -0.39 is 21.4 Å². The van der Waals surface area contributed by atoms with Gasteiger partial charge in [-0.2, -0.15) is 0 Å². The van der Waals surface area contributed by atoms with E-state index in [4.69, 9.17) is 10.1 Å². The van der Waals surface area contributed by atoms with Gasteiger partial charge in [0, 0.05) is 25.4 Å². The fourth-order valence-electron chi connectivity index (χ4n) is 5.36. The minimum Gasteiger partial charge on any atom is -0.390 e. The molecule has 186 valence electrons. The fraction of sp³-hybridized carbons (Fsp3) is 0.440. The van der Waals surface area contributed by atoms with E-state index in [1.807, 2.05) is 30.3 Å². The molecule has 2 aromatic carbocycles. The normalized spacial score (nSPS) is 23.2. The number of rotatable bonds is 6. The highest BCUT2D eigenvalue weighted by molar-refractivity contribution is 7.89. The van der Waals surface area contributed by atoms with Gasteiger partial charge in [-0.3, -0.25) is 4.90 Å². The zero-order chi connectivity index (χ0) is 24.6. The van der Waals surface area contributed by atoms with Crippen LogP contribution in [-0.4, -0.2) is 51.9 Å². The highest BCUT2D eigenvalue weighted by Gasteiger charge is 2.42. The zero-order valence-electron chi connectivity index (χ0n) is 19.5. The Kier molecular flexibility index (Phi) is 6.47. The quantitative estimate of drug-likeness (QED) is 0.539. The minimum absolute atomic E-state index is 0.113. The van der Waals surface area contributed by atoms with Crippen molar-refractivity contribution in [2.45, 2.75) is 55.6 Å². The van der Waals surface area contributed by atoms with E-state index >= 15 is 4.39 Å². The standard InChI is InChI=1S/C25H30FN5O3S/c26-21-15-20(35(27,33)34)9-10-22(21)31-24(14-18-6-2-1-3-7-18)28-23(29-31)17-30-13-12-25(32)11-5-4-8-19(25)16-30/h1-3,6-7,9-10,15,19,32H,4-5,8,11-14,16-17H2,(H2,27,33,34). The van der Waals surface area contributed by atoms with E-state index in [1.165, 1.54) is 16.8 Å². The van der Waals surface area contributed by atoms with Crippen LogP contribution in [0.15, 0.2) is 53.4 Å². The zero-order valence-corrected chi connectivity index (χ0v) is 20.3. The van der Waals surface area contributed by atoms with Gasteiger partial charge in [0.15, 0.2) is 5.82 Å². The van der Waals surface area contributed by atoms with Crippen molar-refractivity contribution in [1.29, 1.82) is 0 Å².